The zero-order chi connectivity index (χ0) is 35.5. The first-order valence-corrected chi connectivity index (χ1v) is 18.3. The Labute approximate surface area is 304 Å². The molecule has 7 rings (SSSR count). The number of thiophene rings is 1. The molecule has 0 aliphatic carbocycles. The van der Waals surface area contributed by atoms with E-state index in [4.69, 9.17) is 0 Å². The van der Waals surface area contributed by atoms with Gasteiger partial charge in [-0.25, -0.2) is 4.90 Å². The Morgan fingerprint density at radius 3 is 1.49 bits per heavy atom. The van der Waals surface area contributed by atoms with E-state index in [2.05, 4.69) is 80.5 Å². The number of para-hydroxylation sites is 3. The van der Waals surface area contributed by atoms with Crippen molar-refractivity contribution in [3.8, 4) is 0 Å². The Kier molecular flexibility index (Phi) is 9.65. The number of hydrogen-bond donors (Lipinski definition) is 0. The minimum absolute atomic E-state index is 0.113. The van der Waals surface area contributed by atoms with E-state index in [1.165, 1.54) is 9.78 Å². The highest BCUT2D eigenvalue weighted by molar-refractivity contribution is 7.10. The zero-order valence-electron chi connectivity index (χ0n) is 29.3. The highest BCUT2D eigenvalue weighted by Gasteiger charge is 2.42. The number of benzene rings is 5. The van der Waals surface area contributed by atoms with E-state index in [-0.39, 0.29) is 23.7 Å². The molecule has 0 bridgehead atoms. The quantitative estimate of drug-likeness (QED) is 0.135. The average molecular weight is 685 g/mol. The van der Waals surface area contributed by atoms with Gasteiger partial charge in [0, 0.05) is 21.9 Å². The van der Waals surface area contributed by atoms with Crippen LogP contribution in [-0.2, 0) is 9.59 Å². The van der Waals surface area contributed by atoms with Crippen LogP contribution < -0.4 is 9.80 Å². The fourth-order valence-electron chi connectivity index (χ4n) is 6.74. The number of amides is 2. The van der Waals surface area contributed by atoms with Crippen LogP contribution in [0.4, 0.5) is 22.7 Å². The molecule has 1 aliphatic heterocycles. The van der Waals surface area contributed by atoms with Crippen LogP contribution in [0.1, 0.15) is 72.2 Å². The second kappa shape index (κ2) is 14.6. The van der Waals surface area contributed by atoms with E-state index in [0.29, 0.717) is 28.0 Å². The third kappa shape index (κ3) is 6.73. The minimum atomic E-state index is -0.303. The minimum Gasteiger partial charge on any atom is -0.311 e. The molecular formula is C46H40N2O2S. The van der Waals surface area contributed by atoms with Crippen LogP contribution in [0.3, 0.4) is 0 Å². The van der Waals surface area contributed by atoms with E-state index in [0.717, 1.165) is 33.8 Å². The molecule has 51 heavy (non-hydrogen) atoms. The lowest BCUT2D eigenvalue weighted by Crippen LogP contribution is -2.33. The topological polar surface area (TPSA) is 40.6 Å². The fourth-order valence-corrected chi connectivity index (χ4v) is 7.36. The van der Waals surface area contributed by atoms with Gasteiger partial charge >= 0.3 is 0 Å². The van der Waals surface area contributed by atoms with Crippen molar-refractivity contribution >= 4 is 69.2 Å². The molecule has 0 unspecified atom stereocenters. The van der Waals surface area contributed by atoms with E-state index in [1.54, 1.807) is 11.3 Å². The number of carbonyl (C=O) groups is 2. The summed E-state index contributed by atoms with van der Waals surface area (Å²) in [5.74, 6) is -0.376. The van der Waals surface area contributed by atoms with Gasteiger partial charge in [-0.3, -0.25) is 9.59 Å². The predicted molar refractivity (Wildman–Crippen MR) is 215 cm³/mol. The van der Waals surface area contributed by atoms with E-state index in [1.807, 2.05) is 109 Å². The van der Waals surface area contributed by atoms with Crippen molar-refractivity contribution in [1.82, 2.24) is 0 Å². The second-order valence-electron chi connectivity index (χ2n) is 13.3. The van der Waals surface area contributed by atoms with Crippen molar-refractivity contribution in [3.05, 3.63) is 178 Å². The molecule has 0 atom stereocenters. The number of anilines is 4. The molecule has 2 amide bonds. The molecule has 0 radical (unpaired) electrons. The Hall–Kier alpha value is -5.78. The highest BCUT2D eigenvalue weighted by atomic mass is 32.1. The van der Waals surface area contributed by atoms with Crippen molar-refractivity contribution in [2.24, 2.45) is 0 Å². The number of rotatable bonds is 10. The number of carbonyl (C=O) groups excluding carboxylic acids is 2. The summed E-state index contributed by atoms with van der Waals surface area (Å²) in [6.45, 7) is 8.43. The molecule has 0 spiro atoms. The SMILES string of the molecule is CC(C)c1cccc(C(C)C)c1N1C(=O)C(c2ccc(/C=C/c3cccs3)cc2)=C(c2ccc(N(c3ccccc3)c3ccccc3)cc2)C1=O. The van der Waals surface area contributed by atoms with Crippen molar-refractivity contribution < 1.29 is 9.59 Å². The van der Waals surface area contributed by atoms with E-state index >= 15 is 0 Å². The first kappa shape index (κ1) is 33.7. The highest BCUT2D eigenvalue weighted by Crippen LogP contribution is 2.44. The smallest absolute Gasteiger partial charge is 0.266 e. The number of imide groups is 1. The van der Waals surface area contributed by atoms with Gasteiger partial charge in [-0.1, -0.05) is 131 Å². The summed E-state index contributed by atoms with van der Waals surface area (Å²) in [6.07, 6.45) is 4.15. The predicted octanol–water partition coefficient (Wildman–Crippen LogP) is 12.1. The first-order chi connectivity index (χ1) is 24.8. The van der Waals surface area contributed by atoms with Gasteiger partial charge in [0.25, 0.3) is 11.8 Å². The molecule has 6 aromatic rings. The van der Waals surface area contributed by atoms with Crippen LogP contribution in [0.2, 0.25) is 0 Å². The third-order valence-electron chi connectivity index (χ3n) is 9.28. The summed E-state index contributed by atoms with van der Waals surface area (Å²) >= 11 is 1.68. The van der Waals surface area contributed by atoms with Crippen molar-refractivity contribution in [2.45, 2.75) is 39.5 Å². The maximum absolute atomic E-state index is 14.8. The fraction of sp³-hybridized carbons (Fsp3) is 0.130. The maximum atomic E-state index is 14.8. The molecule has 1 aliphatic rings. The van der Waals surface area contributed by atoms with Gasteiger partial charge in [0.2, 0.25) is 0 Å². The van der Waals surface area contributed by atoms with Gasteiger partial charge in [-0.05, 0) is 93.6 Å². The van der Waals surface area contributed by atoms with Crippen LogP contribution in [0.5, 0.6) is 0 Å². The summed E-state index contributed by atoms with van der Waals surface area (Å²) in [5, 5.41) is 2.06. The summed E-state index contributed by atoms with van der Waals surface area (Å²) in [4.78, 5) is 34.4. The summed E-state index contributed by atoms with van der Waals surface area (Å²) in [5.41, 5.74) is 8.91. The van der Waals surface area contributed by atoms with Crippen LogP contribution >= 0.6 is 11.3 Å². The summed E-state index contributed by atoms with van der Waals surface area (Å²) in [7, 11) is 0. The molecule has 252 valence electrons. The molecule has 0 saturated heterocycles. The standard InChI is InChI=1S/C46H40N2O2S/c1-31(2)40-18-11-19-41(32(3)4)44(40)48-45(49)42(34-23-20-33(21-24-34)22-29-39-17-12-30-51-39)43(46(48)50)35-25-27-38(28-26-35)47(36-13-7-5-8-14-36)37-15-9-6-10-16-37/h5-32H,1-4H3/b29-22+. The number of nitrogens with zero attached hydrogens (tertiary/aromatic N) is 2. The monoisotopic (exact) mass is 684 g/mol. The second-order valence-corrected chi connectivity index (χ2v) is 14.3. The lowest BCUT2D eigenvalue weighted by atomic mass is 9.91. The summed E-state index contributed by atoms with van der Waals surface area (Å²) in [6, 6.07) is 46.6. The van der Waals surface area contributed by atoms with E-state index < -0.39 is 0 Å². The Bertz CT molecular complexity index is 2150. The molecule has 2 heterocycles. The Balaban J connectivity index is 1.35. The molecule has 1 aromatic heterocycles. The van der Waals surface area contributed by atoms with Crippen molar-refractivity contribution in [1.29, 1.82) is 0 Å². The van der Waals surface area contributed by atoms with Crippen molar-refractivity contribution in [2.75, 3.05) is 9.80 Å². The largest absolute Gasteiger partial charge is 0.311 e. The van der Waals surface area contributed by atoms with E-state index in [9.17, 15) is 9.59 Å². The molecule has 5 aromatic carbocycles. The van der Waals surface area contributed by atoms with Crippen molar-refractivity contribution in [3.63, 3.8) is 0 Å². The van der Waals surface area contributed by atoms with Crippen LogP contribution in [0.15, 0.2) is 145 Å². The average Bonchev–Trinajstić information content (AvgIpc) is 3.77. The van der Waals surface area contributed by atoms with Gasteiger partial charge < -0.3 is 4.90 Å². The molecule has 0 N–H and O–H groups in total. The normalized spacial score (nSPS) is 13.3. The van der Waals surface area contributed by atoms with Gasteiger partial charge in [-0.2, -0.15) is 0 Å². The third-order valence-corrected chi connectivity index (χ3v) is 10.1. The Morgan fingerprint density at radius 2 is 1.02 bits per heavy atom. The number of hydrogen-bond acceptors (Lipinski definition) is 4. The molecule has 4 nitrogen and oxygen atoms in total. The maximum Gasteiger partial charge on any atom is 0.266 e. The van der Waals surface area contributed by atoms with Gasteiger partial charge in [0.05, 0.1) is 16.8 Å². The van der Waals surface area contributed by atoms with Crippen LogP contribution in [0, 0.1) is 0 Å². The lowest BCUT2D eigenvalue weighted by molar-refractivity contribution is -0.119. The van der Waals surface area contributed by atoms with Gasteiger partial charge in [0.1, 0.15) is 0 Å². The van der Waals surface area contributed by atoms with Gasteiger partial charge in [0.15, 0.2) is 0 Å². The van der Waals surface area contributed by atoms with Gasteiger partial charge in [-0.15, -0.1) is 11.3 Å². The van der Waals surface area contributed by atoms with Crippen LogP contribution in [-0.4, -0.2) is 11.8 Å². The molecule has 0 fully saturated rings. The molecular weight excluding hydrogens is 645 g/mol. The lowest BCUT2D eigenvalue weighted by Gasteiger charge is -2.26. The molecule has 0 saturated carbocycles. The summed E-state index contributed by atoms with van der Waals surface area (Å²) < 4.78 is 0. The zero-order valence-corrected chi connectivity index (χ0v) is 30.1. The van der Waals surface area contributed by atoms with Crippen LogP contribution in [0.25, 0.3) is 23.3 Å². The molecule has 5 heteroatoms. The Morgan fingerprint density at radius 1 is 0.529 bits per heavy atom. The first-order valence-electron chi connectivity index (χ1n) is 17.4.